The second kappa shape index (κ2) is 4.26. The second-order valence-corrected chi connectivity index (χ2v) is 3.24. The maximum absolute atomic E-state index is 11.3. The molecule has 0 unspecified atom stereocenters. The van der Waals surface area contributed by atoms with Crippen molar-refractivity contribution in [2.75, 3.05) is 6.61 Å². The minimum atomic E-state index is 0.161. The highest BCUT2D eigenvalue weighted by Gasteiger charge is 2.11. The topological polar surface area (TPSA) is 26.3 Å². The number of hydrogen-bond acceptors (Lipinski definition) is 3. The molecular formula is C9H12O2S. The summed E-state index contributed by atoms with van der Waals surface area (Å²) in [6, 6.07) is 1.84. The molecule has 0 saturated carbocycles. The molecule has 1 rings (SSSR count). The van der Waals surface area contributed by atoms with E-state index in [0.29, 0.717) is 13.0 Å². The number of rotatable bonds is 4. The first-order valence-electron chi connectivity index (χ1n) is 4.03. The highest BCUT2D eigenvalue weighted by molar-refractivity contribution is 7.12. The zero-order valence-corrected chi connectivity index (χ0v) is 8.11. The number of carbonyl (C=O) groups is 1. The van der Waals surface area contributed by atoms with E-state index in [9.17, 15) is 4.79 Å². The molecule has 0 aliphatic rings. The van der Waals surface area contributed by atoms with Crippen molar-refractivity contribution in [2.45, 2.75) is 20.3 Å². The van der Waals surface area contributed by atoms with E-state index in [1.54, 1.807) is 0 Å². The van der Waals surface area contributed by atoms with E-state index in [-0.39, 0.29) is 5.78 Å². The van der Waals surface area contributed by atoms with Gasteiger partial charge in [0.1, 0.15) is 10.6 Å². The quantitative estimate of drug-likeness (QED) is 0.672. The number of hydrogen-bond donors (Lipinski definition) is 0. The van der Waals surface area contributed by atoms with Crippen LogP contribution in [0.5, 0.6) is 5.75 Å². The Morgan fingerprint density at radius 2 is 2.33 bits per heavy atom. The molecule has 0 saturated heterocycles. The molecule has 0 bridgehead atoms. The van der Waals surface area contributed by atoms with Crippen LogP contribution in [0, 0.1) is 0 Å². The molecule has 0 N–H and O–H groups in total. The summed E-state index contributed by atoms with van der Waals surface area (Å²) < 4.78 is 5.29. The largest absolute Gasteiger partial charge is 0.492 e. The van der Waals surface area contributed by atoms with Gasteiger partial charge in [0.2, 0.25) is 0 Å². The molecule has 0 amide bonds. The van der Waals surface area contributed by atoms with E-state index >= 15 is 0 Å². The lowest BCUT2D eigenvalue weighted by Crippen LogP contribution is -1.98. The zero-order chi connectivity index (χ0) is 8.97. The number of Topliss-reactive ketones (excluding diaryl/α,β-unsaturated/α-hetero) is 1. The van der Waals surface area contributed by atoms with Crippen molar-refractivity contribution in [3.05, 3.63) is 16.3 Å². The number of ether oxygens (including phenoxy) is 1. The highest BCUT2D eigenvalue weighted by atomic mass is 32.1. The molecule has 66 valence electrons. The molecule has 1 aromatic heterocycles. The maximum atomic E-state index is 11.3. The minimum absolute atomic E-state index is 0.161. The zero-order valence-electron chi connectivity index (χ0n) is 7.29. The van der Waals surface area contributed by atoms with Crippen molar-refractivity contribution in [1.82, 2.24) is 0 Å². The fourth-order valence-electron chi connectivity index (χ4n) is 0.930. The summed E-state index contributed by atoms with van der Waals surface area (Å²) in [7, 11) is 0. The van der Waals surface area contributed by atoms with Gasteiger partial charge in [-0.1, -0.05) is 6.92 Å². The van der Waals surface area contributed by atoms with E-state index < -0.39 is 0 Å². The first-order valence-corrected chi connectivity index (χ1v) is 4.91. The Bertz CT molecular complexity index is 265. The van der Waals surface area contributed by atoms with Crippen molar-refractivity contribution in [3.63, 3.8) is 0 Å². The fourth-order valence-corrected chi connectivity index (χ4v) is 1.78. The van der Waals surface area contributed by atoms with Gasteiger partial charge >= 0.3 is 0 Å². The van der Waals surface area contributed by atoms with Crippen LogP contribution in [-0.2, 0) is 0 Å². The smallest absolute Gasteiger partial charge is 0.176 e. The van der Waals surface area contributed by atoms with Gasteiger partial charge in [-0.2, -0.15) is 0 Å². The first-order chi connectivity index (χ1) is 5.79. The fraction of sp³-hybridized carbons (Fsp3) is 0.444. The number of carbonyl (C=O) groups excluding carboxylic acids is 1. The number of thiophene rings is 1. The Hall–Kier alpha value is -0.830. The van der Waals surface area contributed by atoms with E-state index in [2.05, 4.69) is 0 Å². The van der Waals surface area contributed by atoms with E-state index in [0.717, 1.165) is 10.6 Å². The molecule has 0 radical (unpaired) electrons. The lowest BCUT2D eigenvalue weighted by Gasteiger charge is -2.01. The average Bonchev–Trinajstić information content (AvgIpc) is 2.52. The monoisotopic (exact) mass is 184 g/mol. The van der Waals surface area contributed by atoms with E-state index in [4.69, 9.17) is 4.74 Å². The van der Waals surface area contributed by atoms with Gasteiger partial charge in [-0.05, 0) is 18.4 Å². The standard InChI is InChI=1S/C9H12O2S/c1-3-7(10)9-8(11-4-2)5-6-12-9/h5-6H,3-4H2,1-2H3. The summed E-state index contributed by atoms with van der Waals surface area (Å²) in [5, 5.41) is 1.88. The maximum Gasteiger partial charge on any atom is 0.176 e. The lowest BCUT2D eigenvalue weighted by atomic mass is 10.2. The molecule has 1 heterocycles. The van der Waals surface area contributed by atoms with Crippen LogP contribution in [0.4, 0.5) is 0 Å². The molecule has 2 nitrogen and oxygen atoms in total. The number of ketones is 1. The molecule has 3 heteroatoms. The van der Waals surface area contributed by atoms with Crippen LogP contribution >= 0.6 is 11.3 Å². The SMILES string of the molecule is CCOc1ccsc1C(=O)CC. The Morgan fingerprint density at radius 1 is 1.58 bits per heavy atom. The summed E-state index contributed by atoms with van der Waals surface area (Å²) in [5.41, 5.74) is 0. The van der Waals surface area contributed by atoms with Crippen LogP contribution in [0.15, 0.2) is 11.4 Å². The van der Waals surface area contributed by atoms with Crippen LogP contribution in [-0.4, -0.2) is 12.4 Å². The second-order valence-electron chi connectivity index (χ2n) is 2.32. The summed E-state index contributed by atoms with van der Waals surface area (Å²) in [5.74, 6) is 0.891. The normalized spacial score (nSPS) is 9.83. The lowest BCUT2D eigenvalue weighted by molar-refractivity contribution is 0.0989. The van der Waals surface area contributed by atoms with Crippen molar-refractivity contribution >= 4 is 17.1 Å². The molecule has 12 heavy (non-hydrogen) atoms. The molecule has 0 atom stereocenters. The van der Waals surface area contributed by atoms with Crippen LogP contribution in [0.2, 0.25) is 0 Å². The van der Waals surface area contributed by atoms with Gasteiger partial charge in [-0.25, -0.2) is 0 Å². The molecule has 1 aromatic rings. The van der Waals surface area contributed by atoms with Gasteiger partial charge < -0.3 is 4.74 Å². The summed E-state index contributed by atoms with van der Waals surface area (Å²) in [4.78, 5) is 12.1. The van der Waals surface area contributed by atoms with Gasteiger partial charge in [0.15, 0.2) is 5.78 Å². The third kappa shape index (κ3) is 1.85. The average molecular weight is 184 g/mol. The van der Waals surface area contributed by atoms with Crippen LogP contribution in [0.3, 0.4) is 0 Å². The van der Waals surface area contributed by atoms with Crippen molar-refractivity contribution in [2.24, 2.45) is 0 Å². The van der Waals surface area contributed by atoms with E-state index in [1.807, 2.05) is 25.3 Å². The molecular weight excluding hydrogens is 172 g/mol. The van der Waals surface area contributed by atoms with Crippen molar-refractivity contribution in [3.8, 4) is 5.75 Å². The summed E-state index contributed by atoms with van der Waals surface area (Å²) in [6.45, 7) is 4.39. The highest BCUT2D eigenvalue weighted by Crippen LogP contribution is 2.25. The molecule has 0 aromatic carbocycles. The molecule has 0 aliphatic heterocycles. The van der Waals surface area contributed by atoms with E-state index in [1.165, 1.54) is 11.3 Å². The summed E-state index contributed by atoms with van der Waals surface area (Å²) in [6.07, 6.45) is 0.542. The van der Waals surface area contributed by atoms with Gasteiger partial charge in [0, 0.05) is 6.42 Å². The Labute approximate surface area is 76.2 Å². The van der Waals surface area contributed by atoms with Crippen molar-refractivity contribution < 1.29 is 9.53 Å². The molecule has 0 fully saturated rings. The Balaban J connectivity index is 2.83. The summed E-state index contributed by atoms with van der Waals surface area (Å²) >= 11 is 1.45. The van der Waals surface area contributed by atoms with Gasteiger partial charge in [-0.15, -0.1) is 11.3 Å². The van der Waals surface area contributed by atoms with Gasteiger partial charge in [-0.3, -0.25) is 4.79 Å². The van der Waals surface area contributed by atoms with Crippen molar-refractivity contribution in [1.29, 1.82) is 0 Å². The van der Waals surface area contributed by atoms with Gasteiger partial charge in [0.05, 0.1) is 6.61 Å². The predicted octanol–water partition coefficient (Wildman–Crippen LogP) is 2.74. The Kier molecular flexibility index (Phi) is 3.29. The third-order valence-electron chi connectivity index (χ3n) is 1.50. The molecule has 0 aliphatic carbocycles. The van der Waals surface area contributed by atoms with Crippen LogP contribution in [0.25, 0.3) is 0 Å². The Morgan fingerprint density at radius 3 is 2.92 bits per heavy atom. The van der Waals surface area contributed by atoms with Crippen LogP contribution < -0.4 is 4.74 Å². The van der Waals surface area contributed by atoms with Gasteiger partial charge in [0.25, 0.3) is 0 Å². The minimum Gasteiger partial charge on any atom is -0.492 e. The van der Waals surface area contributed by atoms with Crippen LogP contribution in [0.1, 0.15) is 29.9 Å². The molecule has 0 spiro atoms. The first kappa shape index (κ1) is 9.26. The predicted molar refractivity (Wildman–Crippen MR) is 50.1 cm³/mol. The third-order valence-corrected chi connectivity index (χ3v) is 2.44.